The van der Waals surface area contributed by atoms with Crippen LogP contribution in [0.25, 0.3) is 0 Å². The molecule has 0 spiro atoms. The third-order valence-corrected chi connectivity index (χ3v) is 2.96. The molecule has 0 radical (unpaired) electrons. The van der Waals surface area contributed by atoms with Crippen molar-refractivity contribution < 1.29 is 9.53 Å². The first kappa shape index (κ1) is 11.3. The first-order valence-electron chi connectivity index (χ1n) is 5.69. The Hall–Kier alpha value is -0.730. The highest BCUT2D eigenvalue weighted by Gasteiger charge is 2.22. The molecule has 2 unspecified atom stereocenters. The van der Waals surface area contributed by atoms with E-state index >= 15 is 0 Å². The molecule has 1 amide bonds. The van der Waals surface area contributed by atoms with Crippen molar-refractivity contribution in [1.82, 2.24) is 5.32 Å². The van der Waals surface area contributed by atoms with Crippen LogP contribution in [0.1, 0.15) is 46.0 Å². The van der Waals surface area contributed by atoms with Crippen LogP contribution in [0.2, 0.25) is 0 Å². The van der Waals surface area contributed by atoms with E-state index < -0.39 is 0 Å². The van der Waals surface area contributed by atoms with E-state index in [1.165, 1.54) is 19.3 Å². The minimum atomic E-state index is -0.255. The Labute approximate surface area is 86.2 Å². The molecule has 0 aromatic carbocycles. The van der Waals surface area contributed by atoms with Crippen LogP contribution in [-0.4, -0.2) is 18.7 Å². The van der Waals surface area contributed by atoms with Crippen molar-refractivity contribution in [2.24, 2.45) is 5.92 Å². The number of amides is 1. The van der Waals surface area contributed by atoms with Gasteiger partial charge in [0.05, 0.1) is 6.61 Å². The monoisotopic (exact) mass is 199 g/mol. The highest BCUT2D eigenvalue weighted by Crippen LogP contribution is 2.26. The van der Waals surface area contributed by atoms with Crippen LogP contribution in [-0.2, 0) is 4.74 Å². The Morgan fingerprint density at radius 2 is 2.21 bits per heavy atom. The van der Waals surface area contributed by atoms with E-state index in [0.717, 1.165) is 18.8 Å². The van der Waals surface area contributed by atoms with Gasteiger partial charge in [-0.15, -0.1) is 0 Å². The second-order valence-electron chi connectivity index (χ2n) is 4.00. The molecule has 1 fully saturated rings. The van der Waals surface area contributed by atoms with E-state index in [1.54, 1.807) is 0 Å². The normalized spacial score (nSPS) is 27.0. The maximum absolute atomic E-state index is 11.2. The molecule has 2 atom stereocenters. The number of carbonyl (C=O) groups excluding carboxylic acids is 1. The van der Waals surface area contributed by atoms with Gasteiger partial charge < -0.3 is 10.1 Å². The fourth-order valence-electron chi connectivity index (χ4n) is 2.13. The molecule has 1 saturated carbocycles. The fourth-order valence-corrected chi connectivity index (χ4v) is 2.13. The van der Waals surface area contributed by atoms with Crippen molar-refractivity contribution in [3.8, 4) is 0 Å². The molecule has 82 valence electrons. The molecule has 0 aromatic rings. The van der Waals surface area contributed by atoms with Gasteiger partial charge in [0.1, 0.15) is 0 Å². The molecule has 3 heteroatoms. The van der Waals surface area contributed by atoms with Gasteiger partial charge in [-0.05, 0) is 25.7 Å². The van der Waals surface area contributed by atoms with E-state index in [1.807, 2.05) is 6.92 Å². The maximum Gasteiger partial charge on any atom is 0.407 e. The number of rotatable bonds is 3. The molecular weight excluding hydrogens is 178 g/mol. The van der Waals surface area contributed by atoms with Crippen molar-refractivity contribution in [2.45, 2.75) is 52.0 Å². The van der Waals surface area contributed by atoms with Crippen molar-refractivity contribution >= 4 is 6.09 Å². The van der Waals surface area contributed by atoms with Gasteiger partial charge in [-0.25, -0.2) is 4.79 Å². The van der Waals surface area contributed by atoms with Crippen LogP contribution in [0.4, 0.5) is 4.79 Å². The summed E-state index contributed by atoms with van der Waals surface area (Å²) in [4.78, 5) is 11.2. The number of alkyl carbamates (subject to hydrolysis) is 1. The molecule has 3 nitrogen and oxygen atoms in total. The lowest BCUT2D eigenvalue weighted by molar-refractivity contribution is 0.142. The fraction of sp³-hybridized carbons (Fsp3) is 0.909. The third kappa shape index (κ3) is 3.56. The SMILES string of the molecule is CCOC(=O)NC1CCCC(CC)C1. The van der Waals surface area contributed by atoms with Gasteiger partial charge in [0.2, 0.25) is 0 Å². The predicted molar refractivity (Wildman–Crippen MR) is 56.2 cm³/mol. The number of hydrogen-bond acceptors (Lipinski definition) is 2. The summed E-state index contributed by atoms with van der Waals surface area (Å²) < 4.78 is 4.86. The Bertz CT molecular complexity index is 182. The quantitative estimate of drug-likeness (QED) is 0.759. The van der Waals surface area contributed by atoms with E-state index in [-0.39, 0.29) is 6.09 Å². The molecule has 0 bridgehead atoms. The Balaban J connectivity index is 2.26. The molecule has 14 heavy (non-hydrogen) atoms. The first-order chi connectivity index (χ1) is 6.76. The number of nitrogens with one attached hydrogen (secondary N) is 1. The molecular formula is C11H21NO2. The lowest BCUT2D eigenvalue weighted by Gasteiger charge is -2.28. The van der Waals surface area contributed by atoms with Crippen LogP contribution >= 0.6 is 0 Å². The van der Waals surface area contributed by atoms with Gasteiger partial charge in [-0.1, -0.05) is 26.2 Å². The average Bonchev–Trinajstić information content (AvgIpc) is 2.18. The molecule has 1 N–H and O–H groups in total. The summed E-state index contributed by atoms with van der Waals surface area (Å²) in [6.45, 7) is 4.50. The maximum atomic E-state index is 11.2. The van der Waals surface area contributed by atoms with Crippen LogP contribution in [0, 0.1) is 5.92 Å². The molecule has 0 aromatic heterocycles. The average molecular weight is 199 g/mol. The smallest absolute Gasteiger partial charge is 0.407 e. The zero-order valence-electron chi connectivity index (χ0n) is 9.21. The molecule has 0 heterocycles. The zero-order valence-corrected chi connectivity index (χ0v) is 9.21. The van der Waals surface area contributed by atoms with Gasteiger partial charge in [0.15, 0.2) is 0 Å². The number of hydrogen-bond donors (Lipinski definition) is 1. The number of ether oxygens (including phenoxy) is 1. The van der Waals surface area contributed by atoms with Crippen LogP contribution in [0.3, 0.4) is 0 Å². The molecule has 1 rings (SSSR count). The lowest BCUT2D eigenvalue weighted by Crippen LogP contribution is -2.38. The highest BCUT2D eigenvalue weighted by atomic mass is 16.5. The Morgan fingerprint density at radius 3 is 2.86 bits per heavy atom. The summed E-state index contributed by atoms with van der Waals surface area (Å²) in [5.41, 5.74) is 0. The first-order valence-corrected chi connectivity index (χ1v) is 5.69. The topological polar surface area (TPSA) is 38.3 Å². The van der Waals surface area contributed by atoms with Crippen LogP contribution < -0.4 is 5.32 Å². The summed E-state index contributed by atoms with van der Waals surface area (Å²) in [6, 6.07) is 0.341. The second-order valence-corrected chi connectivity index (χ2v) is 4.00. The second kappa shape index (κ2) is 5.89. The molecule has 1 aliphatic carbocycles. The molecule has 1 aliphatic rings. The molecule has 0 aliphatic heterocycles. The largest absolute Gasteiger partial charge is 0.450 e. The van der Waals surface area contributed by atoms with Crippen molar-refractivity contribution in [3.63, 3.8) is 0 Å². The van der Waals surface area contributed by atoms with Crippen molar-refractivity contribution in [1.29, 1.82) is 0 Å². The summed E-state index contributed by atoms with van der Waals surface area (Å²) in [6.07, 6.45) is 5.74. The predicted octanol–water partition coefficient (Wildman–Crippen LogP) is 2.70. The Kier molecular flexibility index (Phi) is 4.77. The molecule has 0 saturated heterocycles. The van der Waals surface area contributed by atoms with Gasteiger partial charge in [-0.3, -0.25) is 0 Å². The van der Waals surface area contributed by atoms with Crippen LogP contribution in [0.5, 0.6) is 0 Å². The number of carbonyl (C=O) groups is 1. The summed E-state index contributed by atoms with van der Waals surface area (Å²) >= 11 is 0. The zero-order chi connectivity index (χ0) is 10.4. The van der Waals surface area contributed by atoms with Crippen molar-refractivity contribution in [2.75, 3.05) is 6.61 Å². The van der Waals surface area contributed by atoms with Gasteiger partial charge >= 0.3 is 6.09 Å². The summed E-state index contributed by atoms with van der Waals surface area (Å²) in [5, 5.41) is 2.92. The van der Waals surface area contributed by atoms with Crippen LogP contribution in [0.15, 0.2) is 0 Å². The summed E-state index contributed by atoms with van der Waals surface area (Å²) in [5.74, 6) is 0.788. The van der Waals surface area contributed by atoms with E-state index in [9.17, 15) is 4.79 Å². The van der Waals surface area contributed by atoms with E-state index in [0.29, 0.717) is 12.6 Å². The minimum absolute atomic E-state index is 0.255. The minimum Gasteiger partial charge on any atom is -0.450 e. The van der Waals surface area contributed by atoms with E-state index in [2.05, 4.69) is 12.2 Å². The van der Waals surface area contributed by atoms with Gasteiger partial charge in [-0.2, -0.15) is 0 Å². The van der Waals surface area contributed by atoms with Gasteiger partial charge in [0, 0.05) is 6.04 Å². The lowest BCUT2D eigenvalue weighted by atomic mass is 9.84. The summed E-state index contributed by atoms with van der Waals surface area (Å²) in [7, 11) is 0. The standard InChI is InChI=1S/C11H21NO2/c1-3-9-6-5-7-10(8-9)12-11(13)14-4-2/h9-10H,3-8H2,1-2H3,(H,12,13). The van der Waals surface area contributed by atoms with Crippen molar-refractivity contribution in [3.05, 3.63) is 0 Å². The van der Waals surface area contributed by atoms with Gasteiger partial charge in [0.25, 0.3) is 0 Å². The Morgan fingerprint density at radius 1 is 1.43 bits per heavy atom. The highest BCUT2D eigenvalue weighted by molar-refractivity contribution is 5.67. The third-order valence-electron chi connectivity index (χ3n) is 2.96. The van der Waals surface area contributed by atoms with E-state index in [4.69, 9.17) is 4.74 Å².